The molecule has 2 amide bonds. The number of benzodiazepines with no additional fused rings is 1. The average molecular weight is 862 g/mol. The molecule has 0 unspecified atom stereocenters. The average Bonchev–Trinajstić information content (AvgIpc) is 3.98. The number of fused-ring (bicyclic) bond motifs is 1. The van der Waals surface area contributed by atoms with Crippen molar-refractivity contribution in [1.29, 1.82) is 0 Å². The van der Waals surface area contributed by atoms with Crippen LogP contribution in [-0.4, -0.2) is 65.3 Å². The highest BCUT2D eigenvalue weighted by atomic mass is 31.2. The van der Waals surface area contributed by atoms with Gasteiger partial charge in [-0.3, -0.25) is 28.2 Å². The van der Waals surface area contributed by atoms with Crippen LogP contribution >= 0.6 is 7.82 Å². The predicted octanol–water partition coefficient (Wildman–Crippen LogP) is 8.25. The number of aliphatic imine (C=N–C) groups is 1. The van der Waals surface area contributed by atoms with Crippen molar-refractivity contribution in [3.05, 3.63) is 95.1 Å². The second-order valence-electron chi connectivity index (χ2n) is 16.9. The van der Waals surface area contributed by atoms with E-state index in [0.29, 0.717) is 5.56 Å². The number of nitrogens with zero attached hydrogens (tertiary/aromatic N) is 3. The van der Waals surface area contributed by atoms with E-state index in [1.54, 1.807) is 77.9 Å². The molecule has 2 aliphatic rings. The monoisotopic (exact) mass is 861 g/mol. The van der Waals surface area contributed by atoms with Crippen molar-refractivity contribution in [2.45, 2.75) is 104 Å². The predicted molar refractivity (Wildman–Crippen MR) is 215 cm³/mol. The molecule has 2 aromatic carbocycles. The molecule has 1 fully saturated rings. The SMILES string of the molecule is CC(C)(C)OP(=O)(OCc1cccc(C(=O)OCN2C[C@@H](NC(=O)[C@H](CCC(F)(F)F)[C@H](CC3CC3)C(N)=O)N=C(c3ccccc3)c3cccc(F)c32)n1)OC(C)(C)C. The molecule has 0 radical (unpaired) electrons. The third-order valence-electron chi connectivity index (χ3n) is 9.31. The molecule has 3 atom stereocenters. The van der Waals surface area contributed by atoms with Crippen molar-refractivity contribution in [2.75, 3.05) is 18.2 Å². The van der Waals surface area contributed by atoms with Crippen LogP contribution in [0.4, 0.5) is 23.2 Å². The number of anilines is 1. The summed E-state index contributed by atoms with van der Waals surface area (Å²) in [7, 11) is -4.13. The van der Waals surface area contributed by atoms with Gasteiger partial charge in [-0.25, -0.2) is 18.7 Å². The largest absolute Gasteiger partial charge is 0.476 e. The van der Waals surface area contributed by atoms with E-state index in [2.05, 4.69) is 10.3 Å². The number of ether oxygens (including phenoxy) is 1. The summed E-state index contributed by atoms with van der Waals surface area (Å²) in [5.74, 6) is -5.91. The maximum absolute atomic E-state index is 16.0. The molecule has 1 aromatic heterocycles. The smallest absolute Gasteiger partial charge is 0.440 e. The Morgan fingerprint density at radius 3 is 2.17 bits per heavy atom. The fraction of sp³-hybridized carbons (Fsp3) is 0.500. The first-order chi connectivity index (χ1) is 28.0. The van der Waals surface area contributed by atoms with Gasteiger partial charge in [-0.2, -0.15) is 13.2 Å². The Balaban J connectivity index is 1.42. The van der Waals surface area contributed by atoms with Crippen LogP contribution in [0, 0.1) is 23.6 Å². The Hall–Kier alpha value is -4.70. The molecule has 2 heterocycles. The minimum atomic E-state index is -4.61. The van der Waals surface area contributed by atoms with Gasteiger partial charge >= 0.3 is 20.0 Å². The molecule has 0 saturated heterocycles. The normalized spacial score (nSPS) is 17.2. The van der Waals surface area contributed by atoms with E-state index in [1.165, 1.54) is 35.2 Å². The number of carbonyl (C=O) groups is 3. The molecule has 13 nitrogen and oxygen atoms in total. The summed E-state index contributed by atoms with van der Waals surface area (Å²) in [6.07, 6.45) is -6.13. The van der Waals surface area contributed by atoms with Crippen molar-refractivity contribution >= 4 is 37.0 Å². The molecule has 1 aliphatic carbocycles. The van der Waals surface area contributed by atoms with E-state index in [4.69, 9.17) is 29.0 Å². The molecule has 326 valence electrons. The molecule has 3 aromatic rings. The number of primary amides is 1. The lowest BCUT2D eigenvalue weighted by atomic mass is 9.83. The summed E-state index contributed by atoms with van der Waals surface area (Å²) < 4.78 is 92.7. The number of carbonyl (C=O) groups excluding carboxylic acids is 3. The molecule has 60 heavy (non-hydrogen) atoms. The van der Waals surface area contributed by atoms with E-state index in [-0.39, 0.29) is 53.8 Å². The second-order valence-corrected chi connectivity index (χ2v) is 18.4. The van der Waals surface area contributed by atoms with Gasteiger partial charge < -0.3 is 20.7 Å². The number of hydrogen-bond acceptors (Lipinski definition) is 11. The standard InChI is InChI=1S/C42H52F4N5O8P/c1-40(2,3)58-60(55,59-41(4,5)6)57-24-28-14-10-17-33(48-28)39(54)56-25-51-23-34(49-35(27-12-8-7-9-13-27)30-15-11-16-32(43)36(30)51)50-38(53)29(20-21-42(44,45)46)31(37(47)52)22-26-18-19-26/h7-17,26,29,31,34H,18-25H2,1-6H3,(H2,47,52)(H,50,53)/t29-,31+,34-/m1/s1. The summed E-state index contributed by atoms with van der Waals surface area (Å²) in [6, 6.07) is 17.4. The number of nitrogens with one attached hydrogen (secondary N) is 1. The molecule has 0 spiro atoms. The minimum absolute atomic E-state index is 0.0226. The van der Waals surface area contributed by atoms with E-state index < -0.39 is 86.4 Å². The van der Waals surface area contributed by atoms with Gasteiger partial charge in [0.1, 0.15) is 24.3 Å². The van der Waals surface area contributed by atoms with E-state index in [1.807, 2.05) is 0 Å². The van der Waals surface area contributed by atoms with E-state index in [9.17, 15) is 32.1 Å². The maximum atomic E-state index is 16.0. The topological polar surface area (TPSA) is 172 Å². The van der Waals surface area contributed by atoms with Crippen molar-refractivity contribution < 1.29 is 54.8 Å². The number of halogens is 4. The van der Waals surface area contributed by atoms with Crippen molar-refractivity contribution in [3.63, 3.8) is 0 Å². The van der Waals surface area contributed by atoms with E-state index in [0.717, 1.165) is 12.8 Å². The Labute approximate surface area is 347 Å². The third kappa shape index (κ3) is 13.7. The van der Waals surface area contributed by atoms with Gasteiger partial charge in [0.15, 0.2) is 6.73 Å². The Kier molecular flexibility index (Phi) is 14.6. The van der Waals surface area contributed by atoms with Crippen LogP contribution in [0.5, 0.6) is 0 Å². The molecule has 1 saturated carbocycles. The summed E-state index contributed by atoms with van der Waals surface area (Å²) >= 11 is 0. The highest BCUT2D eigenvalue weighted by molar-refractivity contribution is 7.48. The van der Waals surface area contributed by atoms with Gasteiger partial charge in [0, 0.05) is 29.4 Å². The lowest BCUT2D eigenvalue weighted by molar-refractivity contribution is -0.146. The number of pyridine rings is 1. The first-order valence-electron chi connectivity index (χ1n) is 19.6. The van der Waals surface area contributed by atoms with Crippen LogP contribution in [0.2, 0.25) is 0 Å². The highest BCUT2D eigenvalue weighted by Gasteiger charge is 2.41. The van der Waals surface area contributed by atoms with Gasteiger partial charge in [-0.1, -0.05) is 61.4 Å². The first-order valence-corrected chi connectivity index (χ1v) is 21.1. The number of phosphoric acid groups is 1. The number of benzene rings is 2. The maximum Gasteiger partial charge on any atom is 0.476 e. The third-order valence-corrected chi connectivity index (χ3v) is 11.3. The van der Waals surface area contributed by atoms with Crippen LogP contribution in [0.15, 0.2) is 71.7 Å². The van der Waals surface area contributed by atoms with Gasteiger partial charge in [-0.05, 0) is 78.5 Å². The van der Waals surface area contributed by atoms with Crippen molar-refractivity contribution in [3.8, 4) is 0 Å². The Morgan fingerprint density at radius 1 is 0.917 bits per heavy atom. The van der Waals surface area contributed by atoms with Crippen LogP contribution in [0.25, 0.3) is 0 Å². The fourth-order valence-corrected chi connectivity index (χ4v) is 8.46. The molecule has 5 rings (SSSR count). The Bertz CT molecular complexity index is 2070. The summed E-state index contributed by atoms with van der Waals surface area (Å²) in [5.41, 5.74) is 4.96. The van der Waals surface area contributed by atoms with Gasteiger partial charge in [-0.15, -0.1) is 0 Å². The quantitative estimate of drug-likeness (QED) is 0.0765. The minimum Gasteiger partial charge on any atom is -0.440 e. The number of esters is 1. The fourth-order valence-electron chi connectivity index (χ4n) is 6.68. The van der Waals surface area contributed by atoms with Crippen molar-refractivity contribution in [1.82, 2.24) is 10.3 Å². The number of phosphoric ester groups is 1. The zero-order chi connectivity index (χ0) is 44.0. The molecule has 1 aliphatic heterocycles. The molecule has 18 heteroatoms. The number of alkyl halides is 3. The van der Waals surface area contributed by atoms with E-state index >= 15 is 4.39 Å². The van der Waals surface area contributed by atoms with Gasteiger partial charge in [0.2, 0.25) is 11.8 Å². The molecule has 3 N–H and O–H groups in total. The summed E-state index contributed by atoms with van der Waals surface area (Å²) in [6.45, 7) is 8.87. The summed E-state index contributed by atoms with van der Waals surface area (Å²) in [5, 5.41) is 2.71. The van der Waals surface area contributed by atoms with Crippen LogP contribution in [0.1, 0.15) is 101 Å². The first kappa shape index (κ1) is 46.4. The molecular weight excluding hydrogens is 809 g/mol. The summed E-state index contributed by atoms with van der Waals surface area (Å²) in [4.78, 5) is 50.6. The Morgan fingerprint density at radius 2 is 1.57 bits per heavy atom. The number of para-hydroxylation sites is 1. The van der Waals surface area contributed by atoms with Crippen LogP contribution in [0.3, 0.4) is 0 Å². The van der Waals surface area contributed by atoms with Gasteiger partial charge in [0.05, 0.1) is 34.8 Å². The lowest BCUT2D eigenvalue weighted by Gasteiger charge is -2.30. The molecule has 0 bridgehead atoms. The van der Waals surface area contributed by atoms with Crippen LogP contribution < -0.4 is 16.0 Å². The number of hydrogen-bond donors (Lipinski definition) is 2. The van der Waals surface area contributed by atoms with Crippen molar-refractivity contribution in [2.24, 2.45) is 28.5 Å². The zero-order valence-electron chi connectivity index (χ0n) is 34.5. The van der Waals surface area contributed by atoms with Gasteiger partial charge in [0.25, 0.3) is 0 Å². The van der Waals surface area contributed by atoms with Crippen LogP contribution in [-0.2, 0) is 39.1 Å². The number of nitrogens with two attached hydrogens (primary N) is 1. The molecular formula is C42H52F4N5O8P. The number of amides is 2. The number of rotatable bonds is 17. The second kappa shape index (κ2) is 18.9. The highest BCUT2D eigenvalue weighted by Crippen LogP contribution is 2.56. The zero-order valence-corrected chi connectivity index (χ0v) is 35.4. The number of aromatic nitrogens is 1. The lowest BCUT2D eigenvalue weighted by Crippen LogP contribution is -2.48.